The second kappa shape index (κ2) is 14.9. The maximum absolute atomic E-state index is 14.2. The second-order valence-electron chi connectivity index (χ2n) is 15.0. The van der Waals surface area contributed by atoms with E-state index in [4.69, 9.17) is 5.73 Å². The van der Waals surface area contributed by atoms with Crippen molar-refractivity contribution in [3.8, 4) is 0 Å². The van der Waals surface area contributed by atoms with Gasteiger partial charge in [-0.05, 0) is 103 Å². The van der Waals surface area contributed by atoms with Crippen molar-refractivity contribution in [1.29, 1.82) is 0 Å². The van der Waals surface area contributed by atoms with Crippen molar-refractivity contribution in [1.82, 2.24) is 24.5 Å². The maximum atomic E-state index is 14.2. The molecular formula is C36H47BrF3N7O3S. The van der Waals surface area contributed by atoms with Gasteiger partial charge in [-0.1, -0.05) is 0 Å². The lowest BCUT2D eigenvalue weighted by Crippen LogP contribution is -2.56. The molecule has 3 N–H and O–H groups in total. The van der Waals surface area contributed by atoms with E-state index < -0.39 is 23.3 Å². The first-order chi connectivity index (χ1) is 24.4. The Kier molecular flexibility index (Phi) is 10.6. The molecule has 7 rings (SSSR count). The molecule has 51 heavy (non-hydrogen) atoms. The number of hydrogen-bond donors (Lipinski definition) is 2. The number of nitrogens with one attached hydrogen (secondary N) is 1. The molecular weight excluding hydrogens is 747 g/mol. The first kappa shape index (κ1) is 36.5. The van der Waals surface area contributed by atoms with Crippen LogP contribution in [0.15, 0.2) is 27.4 Å². The number of carbonyl (C=O) groups is 3. The van der Waals surface area contributed by atoms with Crippen molar-refractivity contribution in [2.45, 2.75) is 88.1 Å². The molecule has 2 unspecified atom stereocenters. The minimum atomic E-state index is -4.66. The van der Waals surface area contributed by atoms with Crippen LogP contribution in [0.1, 0.15) is 61.6 Å². The number of anilines is 2. The Morgan fingerprint density at radius 2 is 1.63 bits per heavy atom. The van der Waals surface area contributed by atoms with Crippen LogP contribution in [0.3, 0.4) is 0 Å². The first-order valence-corrected chi connectivity index (χ1v) is 19.9. The molecule has 278 valence electrons. The number of nitrogens with two attached hydrogens (primary N) is 1. The van der Waals surface area contributed by atoms with Gasteiger partial charge in [0.1, 0.15) is 0 Å². The van der Waals surface area contributed by atoms with Gasteiger partial charge in [-0.25, -0.2) is 4.79 Å². The summed E-state index contributed by atoms with van der Waals surface area (Å²) in [5, 5.41) is 7.02. The molecule has 5 aliphatic heterocycles. The number of nitrogens with zero attached hydrogens (tertiary/aromatic N) is 5. The molecule has 1 aromatic carbocycles. The smallest absolute Gasteiger partial charge is 0.397 e. The molecule has 1 aromatic heterocycles. The van der Waals surface area contributed by atoms with Crippen LogP contribution in [0.5, 0.6) is 0 Å². The summed E-state index contributed by atoms with van der Waals surface area (Å²) in [6.07, 6.45) is 1.98. The van der Waals surface area contributed by atoms with Crippen LogP contribution in [0.2, 0.25) is 0 Å². The van der Waals surface area contributed by atoms with Crippen molar-refractivity contribution in [2.75, 3.05) is 63.9 Å². The molecule has 5 aliphatic rings. The predicted octanol–water partition coefficient (Wildman–Crippen LogP) is 5.51. The third kappa shape index (κ3) is 7.77. The third-order valence-corrected chi connectivity index (χ3v) is 13.5. The number of hydrogen-bond acceptors (Lipinski definition) is 7. The zero-order valence-electron chi connectivity index (χ0n) is 29.0. The van der Waals surface area contributed by atoms with Crippen LogP contribution in [-0.4, -0.2) is 119 Å². The van der Waals surface area contributed by atoms with Gasteiger partial charge in [-0.3, -0.25) is 14.5 Å². The van der Waals surface area contributed by atoms with E-state index >= 15 is 0 Å². The molecule has 0 spiro atoms. The molecule has 3 atom stereocenters. The number of carbonyl (C=O) groups excluding carboxylic acids is 3. The van der Waals surface area contributed by atoms with Crippen LogP contribution >= 0.6 is 27.3 Å². The lowest BCUT2D eigenvalue weighted by Gasteiger charge is -2.45. The number of fused-ring (bicyclic) bond motifs is 3. The topological polar surface area (TPSA) is 105 Å². The van der Waals surface area contributed by atoms with Crippen LogP contribution < -0.4 is 11.1 Å². The molecule has 15 heteroatoms. The molecule has 2 bridgehead atoms. The van der Waals surface area contributed by atoms with E-state index in [0.29, 0.717) is 69.3 Å². The van der Waals surface area contributed by atoms with Crippen molar-refractivity contribution in [3.63, 3.8) is 0 Å². The lowest BCUT2D eigenvalue weighted by atomic mass is 9.91. The molecule has 0 radical (unpaired) electrons. The number of urea groups is 1. The molecule has 10 nitrogen and oxygen atoms in total. The molecule has 2 aromatic rings. The van der Waals surface area contributed by atoms with Gasteiger partial charge in [0.05, 0.1) is 22.9 Å². The van der Waals surface area contributed by atoms with E-state index in [2.05, 4.69) is 43.5 Å². The normalized spacial score (nSPS) is 25.8. The summed E-state index contributed by atoms with van der Waals surface area (Å²) in [5.74, 6) is -1.22. The summed E-state index contributed by atoms with van der Waals surface area (Å²) in [6.45, 7) is 4.04. The van der Waals surface area contributed by atoms with Gasteiger partial charge < -0.3 is 30.7 Å². The number of amides is 4. The van der Waals surface area contributed by atoms with E-state index in [1.807, 2.05) is 10.3 Å². The summed E-state index contributed by atoms with van der Waals surface area (Å²) >= 11 is 4.75. The van der Waals surface area contributed by atoms with Gasteiger partial charge in [-0.15, -0.1) is 11.3 Å². The Bertz CT molecular complexity index is 1610. The predicted molar refractivity (Wildman–Crippen MR) is 194 cm³/mol. The monoisotopic (exact) mass is 793 g/mol. The van der Waals surface area contributed by atoms with Crippen molar-refractivity contribution < 1.29 is 27.6 Å². The van der Waals surface area contributed by atoms with Gasteiger partial charge in [0.25, 0.3) is 0 Å². The molecule has 4 saturated heterocycles. The quantitative estimate of drug-likeness (QED) is 0.359. The van der Waals surface area contributed by atoms with Crippen LogP contribution in [0, 0.1) is 5.92 Å². The Morgan fingerprint density at radius 1 is 0.941 bits per heavy atom. The SMILES string of the molecule is CN1C2CCC1CC(N1CCN(C(=O)[C@H](CC(=O)N3CCC(N4CCc5cscc5NC4=O)CC3)Cc3cc(Br)c(N)c(C(F)(F)F)c3)CC1)C2. The van der Waals surface area contributed by atoms with E-state index in [1.165, 1.54) is 18.9 Å². The Labute approximate surface area is 309 Å². The third-order valence-electron chi connectivity index (χ3n) is 12.1. The number of likely N-dealkylation sites (tertiary alicyclic amines) is 1. The summed E-state index contributed by atoms with van der Waals surface area (Å²) in [4.78, 5) is 51.5. The summed E-state index contributed by atoms with van der Waals surface area (Å²) in [6, 6.07) is 4.13. The van der Waals surface area contributed by atoms with Gasteiger partial charge in [0, 0.05) is 86.3 Å². The van der Waals surface area contributed by atoms with Gasteiger partial charge in [0.15, 0.2) is 0 Å². The molecule has 0 saturated carbocycles. The minimum absolute atomic E-state index is 0.0110. The van der Waals surface area contributed by atoms with Crippen molar-refractivity contribution in [3.05, 3.63) is 44.1 Å². The molecule has 0 aliphatic carbocycles. The fraction of sp³-hybridized carbons (Fsp3) is 0.639. The number of nitrogen functional groups attached to an aromatic ring is 1. The second-order valence-corrected chi connectivity index (χ2v) is 16.6. The van der Waals surface area contributed by atoms with Gasteiger partial charge >= 0.3 is 12.2 Å². The molecule has 6 heterocycles. The van der Waals surface area contributed by atoms with E-state index in [0.717, 1.165) is 49.7 Å². The summed E-state index contributed by atoms with van der Waals surface area (Å²) in [5.41, 5.74) is 6.72. The number of benzene rings is 1. The Balaban J connectivity index is 1.01. The van der Waals surface area contributed by atoms with E-state index in [9.17, 15) is 27.6 Å². The Hall–Kier alpha value is -2.88. The number of halogens is 4. The highest BCUT2D eigenvalue weighted by Crippen LogP contribution is 2.39. The highest BCUT2D eigenvalue weighted by atomic mass is 79.9. The van der Waals surface area contributed by atoms with Crippen molar-refractivity contribution >= 4 is 56.5 Å². The lowest BCUT2D eigenvalue weighted by molar-refractivity contribution is -0.143. The van der Waals surface area contributed by atoms with Gasteiger partial charge in [0.2, 0.25) is 11.8 Å². The zero-order valence-corrected chi connectivity index (χ0v) is 31.4. The number of thiophene rings is 1. The number of piperidine rings is 2. The summed E-state index contributed by atoms with van der Waals surface area (Å²) in [7, 11) is 2.23. The number of alkyl halides is 3. The molecule has 4 fully saturated rings. The summed E-state index contributed by atoms with van der Waals surface area (Å²) < 4.78 is 41.8. The highest BCUT2D eigenvalue weighted by Gasteiger charge is 2.42. The average molecular weight is 795 g/mol. The zero-order chi connectivity index (χ0) is 36.0. The highest BCUT2D eigenvalue weighted by molar-refractivity contribution is 9.10. The van der Waals surface area contributed by atoms with Gasteiger partial charge in [-0.2, -0.15) is 13.2 Å². The maximum Gasteiger partial charge on any atom is 0.418 e. The average Bonchev–Trinajstić information content (AvgIpc) is 3.55. The van der Waals surface area contributed by atoms with Crippen molar-refractivity contribution in [2.24, 2.45) is 5.92 Å². The number of rotatable bonds is 7. The fourth-order valence-corrected chi connectivity index (χ4v) is 10.4. The Morgan fingerprint density at radius 3 is 2.29 bits per heavy atom. The number of piperazine rings is 1. The van der Waals surface area contributed by atoms with Crippen LogP contribution in [0.4, 0.5) is 29.3 Å². The van der Waals surface area contributed by atoms with Crippen LogP contribution in [-0.2, 0) is 28.6 Å². The minimum Gasteiger partial charge on any atom is -0.397 e. The van der Waals surface area contributed by atoms with E-state index in [1.54, 1.807) is 21.1 Å². The first-order valence-electron chi connectivity index (χ1n) is 18.2. The molecule has 4 amide bonds. The van der Waals surface area contributed by atoms with Crippen LogP contribution in [0.25, 0.3) is 0 Å². The largest absolute Gasteiger partial charge is 0.418 e. The fourth-order valence-electron chi connectivity index (χ4n) is 9.08. The standard InChI is InChI=1S/C36H47BrF3N7O3S/c1-43-26-2-3-27(43)19-28(18-26)44-10-12-46(13-11-44)34(49)24(14-22-15-29(36(38,39)40)33(41)30(37)16-22)17-32(48)45-7-5-25(6-8-45)47-9-4-23-20-51-21-31(23)42-35(47)50/h15-16,20-21,24-28H,2-14,17-19,41H2,1H3,(H,42,50)/t24-,26?,27?,28?/m0/s1. The van der Waals surface area contributed by atoms with E-state index in [-0.39, 0.29) is 41.2 Å².